The summed E-state index contributed by atoms with van der Waals surface area (Å²) in [5.41, 5.74) is 1.25. The third-order valence-corrected chi connectivity index (χ3v) is 4.81. The number of anilines is 1. The van der Waals surface area contributed by atoms with E-state index < -0.39 is 0 Å². The number of hydrogen-bond donors (Lipinski definition) is 2. The van der Waals surface area contributed by atoms with Crippen LogP contribution in [0.15, 0.2) is 48.5 Å². The molecule has 0 aliphatic heterocycles. The molecule has 0 heterocycles. The van der Waals surface area contributed by atoms with Gasteiger partial charge < -0.3 is 15.4 Å². The first-order valence-corrected chi connectivity index (χ1v) is 9.57. The quantitative estimate of drug-likeness (QED) is 0.772. The van der Waals surface area contributed by atoms with Crippen molar-refractivity contribution in [1.82, 2.24) is 5.32 Å². The van der Waals surface area contributed by atoms with Crippen LogP contribution in [0.1, 0.15) is 42.5 Å². The molecule has 142 valence electrons. The van der Waals surface area contributed by atoms with Crippen LogP contribution in [0.4, 0.5) is 5.69 Å². The zero-order valence-corrected chi connectivity index (χ0v) is 15.8. The Kier molecular flexibility index (Phi) is 6.71. The van der Waals surface area contributed by atoms with E-state index in [1.54, 1.807) is 48.5 Å². The number of ether oxygens (including phenoxy) is 1. The van der Waals surface area contributed by atoms with Crippen LogP contribution in [-0.2, 0) is 4.79 Å². The minimum Gasteiger partial charge on any atom is -0.484 e. The highest BCUT2D eigenvalue weighted by molar-refractivity contribution is 6.30. The third-order valence-electron chi connectivity index (χ3n) is 4.55. The lowest BCUT2D eigenvalue weighted by Gasteiger charge is -2.22. The Morgan fingerprint density at radius 3 is 2.30 bits per heavy atom. The summed E-state index contributed by atoms with van der Waals surface area (Å²) in [6.45, 7) is -0.115. The topological polar surface area (TPSA) is 67.4 Å². The van der Waals surface area contributed by atoms with Crippen LogP contribution < -0.4 is 15.4 Å². The van der Waals surface area contributed by atoms with Gasteiger partial charge in [0, 0.05) is 22.3 Å². The predicted octanol–water partition coefficient (Wildman–Crippen LogP) is 4.42. The van der Waals surface area contributed by atoms with Crippen molar-refractivity contribution in [2.75, 3.05) is 11.9 Å². The average molecular weight is 387 g/mol. The molecule has 1 saturated carbocycles. The van der Waals surface area contributed by atoms with Gasteiger partial charge in [-0.1, -0.05) is 30.9 Å². The summed E-state index contributed by atoms with van der Waals surface area (Å²) in [5.74, 6) is 0.209. The van der Waals surface area contributed by atoms with E-state index >= 15 is 0 Å². The van der Waals surface area contributed by atoms with Crippen molar-refractivity contribution >= 4 is 29.1 Å². The fourth-order valence-corrected chi connectivity index (χ4v) is 3.22. The maximum atomic E-state index is 12.3. The summed E-state index contributed by atoms with van der Waals surface area (Å²) in [6, 6.07) is 14.0. The fourth-order valence-electron chi connectivity index (χ4n) is 3.10. The van der Waals surface area contributed by atoms with E-state index in [0.29, 0.717) is 22.0 Å². The molecule has 2 N–H and O–H groups in total. The van der Waals surface area contributed by atoms with E-state index in [9.17, 15) is 9.59 Å². The van der Waals surface area contributed by atoms with Gasteiger partial charge in [-0.3, -0.25) is 9.59 Å². The van der Waals surface area contributed by atoms with Crippen LogP contribution in [0.3, 0.4) is 0 Å². The van der Waals surface area contributed by atoms with Crippen LogP contribution in [0, 0.1) is 0 Å². The van der Waals surface area contributed by atoms with Crippen molar-refractivity contribution in [3.05, 3.63) is 59.1 Å². The van der Waals surface area contributed by atoms with Crippen LogP contribution in [0.2, 0.25) is 5.02 Å². The second kappa shape index (κ2) is 9.42. The summed E-state index contributed by atoms with van der Waals surface area (Å²) in [7, 11) is 0. The highest BCUT2D eigenvalue weighted by Gasteiger charge is 2.16. The second-order valence-electron chi connectivity index (χ2n) is 6.68. The van der Waals surface area contributed by atoms with Crippen molar-refractivity contribution in [2.45, 2.75) is 38.1 Å². The van der Waals surface area contributed by atoms with Gasteiger partial charge >= 0.3 is 0 Å². The first kappa shape index (κ1) is 19.2. The van der Waals surface area contributed by atoms with Gasteiger partial charge in [0.1, 0.15) is 5.75 Å². The molecule has 5 nitrogen and oxygen atoms in total. The summed E-state index contributed by atoms with van der Waals surface area (Å²) >= 11 is 5.81. The molecule has 0 radical (unpaired) electrons. The molecule has 0 bridgehead atoms. The van der Waals surface area contributed by atoms with E-state index in [1.165, 1.54) is 19.3 Å². The Morgan fingerprint density at radius 2 is 1.63 bits per heavy atom. The lowest BCUT2D eigenvalue weighted by Crippen LogP contribution is -2.36. The Bertz CT molecular complexity index is 769. The molecule has 1 aliphatic rings. The number of nitrogens with one attached hydrogen (secondary N) is 2. The first-order chi connectivity index (χ1) is 13.1. The van der Waals surface area contributed by atoms with E-state index in [2.05, 4.69) is 10.6 Å². The van der Waals surface area contributed by atoms with Crippen LogP contribution in [0.5, 0.6) is 5.75 Å². The summed E-state index contributed by atoms with van der Waals surface area (Å²) in [4.78, 5) is 24.2. The van der Waals surface area contributed by atoms with Gasteiger partial charge in [-0.05, 0) is 61.4 Å². The molecule has 1 fully saturated rings. The number of hydrogen-bond acceptors (Lipinski definition) is 3. The lowest BCUT2D eigenvalue weighted by molar-refractivity contribution is -0.118. The summed E-state index contributed by atoms with van der Waals surface area (Å²) < 4.78 is 5.48. The van der Waals surface area contributed by atoms with Crippen molar-refractivity contribution in [1.29, 1.82) is 0 Å². The van der Waals surface area contributed by atoms with E-state index in [1.807, 2.05) is 0 Å². The maximum absolute atomic E-state index is 12.3. The van der Waals surface area contributed by atoms with Gasteiger partial charge in [-0.15, -0.1) is 0 Å². The van der Waals surface area contributed by atoms with Gasteiger partial charge in [0.25, 0.3) is 11.8 Å². The van der Waals surface area contributed by atoms with Crippen molar-refractivity contribution in [3.63, 3.8) is 0 Å². The summed E-state index contributed by atoms with van der Waals surface area (Å²) in [5, 5.41) is 6.42. The van der Waals surface area contributed by atoms with Gasteiger partial charge in [-0.2, -0.15) is 0 Å². The standard InChI is InChI=1S/C21H23ClN2O3/c22-16-8-10-18(11-9-16)23-20(25)14-27-19-12-6-15(7-13-19)21(26)24-17-4-2-1-3-5-17/h6-13,17H,1-5,14H2,(H,23,25)(H,24,26). The van der Waals surface area contributed by atoms with Crippen molar-refractivity contribution < 1.29 is 14.3 Å². The number of rotatable bonds is 6. The monoisotopic (exact) mass is 386 g/mol. The van der Waals surface area contributed by atoms with E-state index in [-0.39, 0.29) is 24.5 Å². The van der Waals surface area contributed by atoms with Crippen LogP contribution in [0.25, 0.3) is 0 Å². The number of carbonyl (C=O) groups is 2. The van der Waals surface area contributed by atoms with Gasteiger partial charge in [0.15, 0.2) is 6.61 Å². The maximum Gasteiger partial charge on any atom is 0.262 e. The van der Waals surface area contributed by atoms with Crippen molar-refractivity contribution in [3.8, 4) is 5.75 Å². The average Bonchev–Trinajstić information content (AvgIpc) is 2.69. The number of amides is 2. The SMILES string of the molecule is O=C(COc1ccc(C(=O)NC2CCCCC2)cc1)Nc1ccc(Cl)cc1. The Balaban J connectivity index is 1.46. The second-order valence-corrected chi connectivity index (χ2v) is 7.11. The minimum absolute atomic E-state index is 0.0612. The van der Waals surface area contributed by atoms with Gasteiger partial charge in [-0.25, -0.2) is 0 Å². The zero-order valence-electron chi connectivity index (χ0n) is 15.0. The Labute approximate surface area is 164 Å². The molecule has 1 aliphatic carbocycles. The third kappa shape index (κ3) is 6.00. The van der Waals surface area contributed by atoms with Crippen molar-refractivity contribution in [2.24, 2.45) is 0 Å². The smallest absolute Gasteiger partial charge is 0.262 e. The molecule has 0 saturated heterocycles. The van der Waals surface area contributed by atoms with E-state index in [0.717, 1.165) is 12.8 Å². The zero-order chi connectivity index (χ0) is 19.1. The molecule has 0 aromatic heterocycles. The minimum atomic E-state index is -0.267. The van der Waals surface area contributed by atoms with Gasteiger partial charge in [0.05, 0.1) is 0 Å². The molecule has 2 aromatic carbocycles. The summed E-state index contributed by atoms with van der Waals surface area (Å²) in [6.07, 6.45) is 5.71. The highest BCUT2D eigenvalue weighted by atomic mass is 35.5. The Morgan fingerprint density at radius 1 is 0.963 bits per heavy atom. The first-order valence-electron chi connectivity index (χ1n) is 9.19. The number of benzene rings is 2. The molecule has 0 unspecified atom stereocenters. The largest absolute Gasteiger partial charge is 0.484 e. The van der Waals surface area contributed by atoms with Crippen LogP contribution >= 0.6 is 11.6 Å². The molecular formula is C21H23ClN2O3. The normalized spacial score (nSPS) is 14.4. The molecule has 27 heavy (non-hydrogen) atoms. The molecule has 3 rings (SSSR count). The number of halogens is 1. The van der Waals surface area contributed by atoms with E-state index in [4.69, 9.17) is 16.3 Å². The lowest BCUT2D eigenvalue weighted by atomic mass is 9.95. The molecule has 6 heteroatoms. The Hall–Kier alpha value is -2.53. The number of carbonyl (C=O) groups excluding carboxylic acids is 2. The molecule has 0 spiro atoms. The predicted molar refractivity (Wildman–Crippen MR) is 106 cm³/mol. The van der Waals surface area contributed by atoms with Gasteiger partial charge in [0.2, 0.25) is 0 Å². The molecule has 0 atom stereocenters. The highest BCUT2D eigenvalue weighted by Crippen LogP contribution is 2.19. The molecule has 2 aromatic rings. The van der Waals surface area contributed by atoms with Crippen LogP contribution in [-0.4, -0.2) is 24.5 Å². The molecular weight excluding hydrogens is 364 g/mol. The molecule has 2 amide bonds. The fraction of sp³-hybridized carbons (Fsp3) is 0.333.